The van der Waals surface area contributed by atoms with E-state index >= 15 is 0 Å². The van der Waals surface area contributed by atoms with Crippen LogP contribution in [-0.4, -0.2) is 23.8 Å². The van der Waals surface area contributed by atoms with Gasteiger partial charge in [-0.25, -0.2) is 0 Å². The molecular formula is C19H36Cl2O2. The van der Waals surface area contributed by atoms with Crippen LogP contribution < -0.4 is 0 Å². The maximum atomic E-state index is 10.9. The van der Waals surface area contributed by atoms with Crippen molar-refractivity contribution in [3.8, 4) is 0 Å². The Labute approximate surface area is 153 Å². The zero-order valence-corrected chi connectivity index (χ0v) is 16.6. The fourth-order valence-corrected chi connectivity index (χ4v) is 3.20. The van der Waals surface area contributed by atoms with Gasteiger partial charge in [0, 0.05) is 17.2 Å². The molecule has 0 spiro atoms. The predicted molar refractivity (Wildman–Crippen MR) is 102 cm³/mol. The minimum Gasteiger partial charge on any atom is -0.469 e. The normalized spacial score (nSPS) is 13.7. The van der Waals surface area contributed by atoms with E-state index in [9.17, 15) is 4.79 Å². The lowest BCUT2D eigenvalue weighted by Gasteiger charge is -2.13. The third kappa shape index (κ3) is 15.3. The first-order valence-electron chi connectivity index (χ1n) is 9.46. The summed E-state index contributed by atoms with van der Waals surface area (Å²) in [6.07, 6.45) is 16.4. The number of hydrogen-bond donors (Lipinski definition) is 0. The number of halogens is 2. The molecule has 0 amide bonds. The average Bonchev–Trinajstić information content (AvgIpc) is 2.57. The van der Waals surface area contributed by atoms with Crippen LogP contribution in [0.15, 0.2) is 0 Å². The van der Waals surface area contributed by atoms with E-state index in [2.05, 4.69) is 11.7 Å². The molecule has 0 unspecified atom stereocenters. The van der Waals surface area contributed by atoms with Gasteiger partial charge >= 0.3 is 5.97 Å². The molecule has 0 saturated carbocycles. The summed E-state index contributed by atoms with van der Waals surface area (Å²) in [5.74, 6) is -0.0817. The Hall–Kier alpha value is 0.0500. The zero-order chi connectivity index (χ0) is 17.3. The average molecular weight is 367 g/mol. The lowest BCUT2D eigenvalue weighted by Crippen LogP contribution is -2.13. The van der Waals surface area contributed by atoms with Gasteiger partial charge in [-0.3, -0.25) is 4.79 Å². The highest BCUT2D eigenvalue weighted by Gasteiger charge is 2.13. The van der Waals surface area contributed by atoms with Gasteiger partial charge in [0.15, 0.2) is 0 Å². The fraction of sp³-hybridized carbons (Fsp3) is 0.947. The van der Waals surface area contributed by atoms with E-state index in [1.807, 2.05) is 0 Å². The van der Waals surface area contributed by atoms with Crippen LogP contribution in [0.25, 0.3) is 0 Å². The molecule has 23 heavy (non-hydrogen) atoms. The number of ether oxygens (including phenoxy) is 1. The Morgan fingerprint density at radius 3 is 1.65 bits per heavy atom. The van der Waals surface area contributed by atoms with Crippen molar-refractivity contribution in [1.82, 2.24) is 0 Å². The van der Waals surface area contributed by atoms with Crippen LogP contribution in [0.1, 0.15) is 96.8 Å². The Bertz CT molecular complexity index is 272. The molecule has 0 aromatic rings. The van der Waals surface area contributed by atoms with Gasteiger partial charge in [0.05, 0.1) is 7.11 Å². The monoisotopic (exact) mass is 366 g/mol. The SMILES string of the molecule is CC[C@H](Cl)[C@@H](Cl)CCCCCCCCCCCCCC(=O)OC. The third-order valence-corrected chi connectivity index (χ3v) is 5.64. The van der Waals surface area contributed by atoms with Crippen molar-refractivity contribution in [3.63, 3.8) is 0 Å². The van der Waals surface area contributed by atoms with Crippen LogP contribution in [-0.2, 0) is 9.53 Å². The van der Waals surface area contributed by atoms with E-state index in [4.69, 9.17) is 23.2 Å². The predicted octanol–water partition coefficient (Wildman–Crippen LogP) is 6.86. The molecule has 0 rings (SSSR count). The Kier molecular flexibility index (Phi) is 16.9. The first-order valence-corrected chi connectivity index (χ1v) is 10.3. The van der Waals surface area contributed by atoms with Crippen molar-refractivity contribution in [2.45, 2.75) is 108 Å². The maximum absolute atomic E-state index is 10.9. The Morgan fingerprint density at radius 2 is 1.22 bits per heavy atom. The van der Waals surface area contributed by atoms with E-state index < -0.39 is 0 Å². The number of hydrogen-bond acceptors (Lipinski definition) is 2. The number of carbonyl (C=O) groups excluding carboxylic acids is 1. The van der Waals surface area contributed by atoms with Crippen molar-refractivity contribution >= 4 is 29.2 Å². The van der Waals surface area contributed by atoms with Gasteiger partial charge < -0.3 is 4.74 Å². The summed E-state index contributed by atoms with van der Waals surface area (Å²) in [6, 6.07) is 0. The molecule has 2 atom stereocenters. The van der Waals surface area contributed by atoms with Gasteiger partial charge in [-0.2, -0.15) is 0 Å². The highest BCUT2D eigenvalue weighted by molar-refractivity contribution is 6.29. The molecule has 2 nitrogen and oxygen atoms in total. The van der Waals surface area contributed by atoms with Crippen molar-refractivity contribution in [1.29, 1.82) is 0 Å². The van der Waals surface area contributed by atoms with Crippen LogP contribution in [0.4, 0.5) is 0 Å². The first-order chi connectivity index (χ1) is 11.1. The summed E-state index contributed by atoms with van der Waals surface area (Å²) in [4.78, 5) is 10.9. The Balaban J connectivity index is 3.15. The number of methoxy groups -OCH3 is 1. The van der Waals surface area contributed by atoms with Gasteiger partial charge in [-0.15, -0.1) is 23.2 Å². The minimum atomic E-state index is -0.0817. The van der Waals surface area contributed by atoms with Crippen LogP contribution in [0, 0.1) is 0 Å². The summed E-state index contributed by atoms with van der Waals surface area (Å²) in [5, 5.41) is 0.269. The topological polar surface area (TPSA) is 26.3 Å². The van der Waals surface area contributed by atoms with Gasteiger partial charge in [0.2, 0.25) is 0 Å². The van der Waals surface area contributed by atoms with E-state index in [0.29, 0.717) is 6.42 Å². The number of alkyl halides is 2. The van der Waals surface area contributed by atoms with Crippen molar-refractivity contribution < 1.29 is 9.53 Å². The number of esters is 1. The highest BCUT2D eigenvalue weighted by atomic mass is 35.5. The second-order valence-electron chi connectivity index (χ2n) is 6.44. The molecule has 0 aromatic heterocycles. The van der Waals surface area contributed by atoms with Crippen molar-refractivity contribution in [2.24, 2.45) is 0 Å². The van der Waals surface area contributed by atoms with Gasteiger partial charge in [0.1, 0.15) is 0 Å². The van der Waals surface area contributed by atoms with Crippen LogP contribution >= 0.6 is 23.2 Å². The summed E-state index contributed by atoms with van der Waals surface area (Å²) in [6.45, 7) is 2.09. The molecule has 0 N–H and O–H groups in total. The second kappa shape index (κ2) is 16.9. The molecule has 0 bridgehead atoms. The quantitative estimate of drug-likeness (QED) is 0.169. The van der Waals surface area contributed by atoms with E-state index in [-0.39, 0.29) is 16.7 Å². The second-order valence-corrected chi connectivity index (χ2v) is 7.57. The lowest BCUT2D eigenvalue weighted by molar-refractivity contribution is -0.140. The van der Waals surface area contributed by atoms with Crippen LogP contribution in [0.3, 0.4) is 0 Å². The summed E-state index contributed by atoms with van der Waals surface area (Å²) < 4.78 is 4.63. The van der Waals surface area contributed by atoms with Crippen LogP contribution in [0.5, 0.6) is 0 Å². The molecule has 0 aliphatic carbocycles. The molecule has 0 radical (unpaired) electrons. The lowest BCUT2D eigenvalue weighted by atomic mass is 10.0. The van der Waals surface area contributed by atoms with Gasteiger partial charge in [-0.1, -0.05) is 71.1 Å². The van der Waals surface area contributed by atoms with Gasteiger partial charge in [-0.05, 0) is 19.3 Å². The third-order valence-electron chi connectivity index (χ3n) is 4.37. The number of unbranched alkanes of at least 4 members (excludes halogenated alkanes) is 10. The van der Waals surface area contributed by atoms with Crippen LogP contribution in [0.2, 0.25) is 0 Å². The summed E-state index contributed by atoms with van der Waals surface area (Å²) in [7, 11) is 1.45. The molecule has 138 valence electrons. The molecule has 0 aliphatic heterocycles. The molecule has 4 heteroatoms. The highest BCUT2D eigenvalue weighted by Crippen LogP contribution is 2.20. The molecular weight excluding hydrogens is 331 g/mol. The Morgan fingerprint density at radius 1 is 0.783 bits per heavy atom. The van der Waals surface area contributed by atoms with E-state index in [0.717, 1.165) is 25.7 Å². The van der Waals surface area contributed by atoms with Gasteiger partial charge in [0.25, 0.3) is 0 Å². The molecule has 0 aromatic carbocycles. The zero-order valence-electron chi connectivity index (χ0n) is 15.1. The molecule has 0 fully saturated rings. The number of rotatable bonds is 16. The van der Waals surface area contributed by atoms with Crippen molar-refractivity contribution in [2.75, 3.05) is 7.11 Å². The van der Waals surface area contributed by atoms with E-state index in [1.165, 1.54) is 64.9 Å². The largest absolute Gasteiger partial charge is 0.469 e. The molecule has 0 aliphatic rings. The maximum Gasteiger partial charge on any atom is 0.305 e. The smallest absolute Gasteiger partial charge is 0.305 e. The van der Waals surface area contributed by atoms with Crippen molar-refractivity contribution in [3.05, 3.63) is 0 Å². The standard InChI is InChI=1S/C19H36Cl2O2/c1-3-17(20)18(21)15-13-11-9-7-5-4-6-8-10-12-14-16-19(22)23-2/h17-18H,3-16H2,1-2H3/t17-,18-/m0/s1. The molecule has 0 heterocycles. The number of carbonyl (C=O) groups is 1. The first kappa shape index (κ1) is 23.1. The molecule has 0 saturated heterocycles. The van der Waals surface area contributed by atoms with E-state index in [1.54, 1.807) is 0 Å². The summed E-state index contributed by atoms with van der Waals surface area (Å²) in [5.41, 5.74) is 0. The fourth-order valence-electron chi connectivity index (χ4n) is 2.74. The minimum absolute atomic E-state index is 0.0817. The summed E-state index contributed by atoms with van der Waals surface area (Å²) >= 11 is 12.4.